The van der Waals surface area contributed by atoms with Crippen LogP contribution in [0.1, 0.15) is 27.4 Å². The summed E-state index contributed by atoms with van der Waals surface area (Å²) in [6, 6.07) is 14.6. The lowest BCUT2D eigenvalue weighted by Gasteiger charge is -2.06. The van der Waals surface area contributed by atoms with Gasteiger partial charge in [-0.1, -0.05) is 35.3 Å². The second kappa shape index (κ2) is 9.46. The van der Waals surface area contributed by atoms with E-state index in [0.29, 0.717) is 23.1 Å². The molecule has 0 aliphatic carbocycles. The van der Waals surface area contributed by atoms with Gasteiger partial charge >= 0.3 is 0 Å². The molecule has 2 heterocycles. The van der Waals surface area contributed by atoms with Gasteiger partial charge in [-0.2, -0.15) is 5.10 Å². The molecular weight excluding hydrogens is 456 g/mol. The molecule has 1 N–H and O–H groups in total. The monoisotopic (exact) mass is 473 g/mol. The summed E-state index contributed by atoms with van der Waals surface area (Å²) in [5, 5.41) is 7.84. The van der Waals surface area contributed by atoms with E-state index in [-0.39, 0.29) is 29.0 Å². The lowest BCUT2D eigenvalue weighted by molar-refractivity contribution is 0.0992. The van der Waals surface area contributed by atoms with Crippen LogP contribution in [0, 0.1) is 12.7 Å². The molecule has 0 saturated heterocycles. The fraction of sp³-hybridized carbons (Fsp3) is 0.130. The average Bonchev–Trinajstić information content (AvgIpc) is 3.37. The number of halogens is 3. The van der Waals surface area contributed by atoms with E-state index in [9.17, 15) is 9.18 Å². The summed E-state index contributed by atoms with van der Waals surface area (Å²) in [7, 11) is 0. The number of anilines is 1. The number of aryl methyl sites for hydroxylation is 1. The normalized spacial score (nSPS) is 10.9. The van der Waals surface area contributed by atoms with Crippen molar-refractivity contribution in [2.45, 2.75) is 20.1 Å². The maximum atomic E-state index is 13.1. The topological polar surface area (TPSA) is 69.3 Å². The third kappa shape index (κ3) is 5.30. The Bertz CT molecular complexity index is 1250. The van der Waals surface area contributed by atoms with Gasteiger partial charge in [-0.25, -0.2) is 4.39 Å². The minimum absolute atomic E-state index is 0.0973. The molecular formula is C23H18Cl2FN3O3. The number of rotatable bonds is 7. The van der Waals surface area contributed by atoms with Crippen molar-refractivity contribution in [2.75, 3.05) is 5.32 Å². The molecule has 2 aromatic carbocycles. The SMILES string of the molecule is Cc1cc(OCc2ccc(C(=O)Nc3nn(Cc4ccc(F)cc4)cc3Cl)o2)ccc1Cl. The van der Waals surface area contributed by atoms with Crippen LogP contribution in [0.5, 0.6) is 5.75 Å². The molecule has 9 heteroatoms. The Morgan fingerprint density at radius 3 is 2.66 bits per heavy atom. The van der Waals surface area contributed by atoms with Crippen molar-refractivity contribution in [1.82, 2.24) is 9.78 Å². The molecule has 0 unspecified atom stereocenters. The number of ether oxygens (including phenoxy) is 1. The molecule has 6 nitrogen and oxygen atoms in total. The molecule has 0 aliphatic heterocycles. The zero-order valence-corrected chi connectivity index (χ0v) is 18.5. The molecule has 0 aliphatic rings. The highest BCUT2D eigenvalue weighted by Crippen LogP contribution is 2.23. The molecule has 2 aromatic heterocycles. The Hall–Kier alpha value is -3.29. The van der Waals surface area contributed by atoms with Crippen LogP contribution in [0.25, 0.3) is 0 Å². The van der Waals surface area contributed by atoms with Gasteiger partial charge in [-0.3, -0.25) is 9.48 Å². The van der Waals surface area contributed by atoms with E-state index in [4.69, 9.17) is 32.4 Å². The van der Waals surface area contributed by atoms with Gasteiger partial charge in [-0.05, 0) is 60.5 Å². The first-order valence-electron chi connectivity index (χ1n) is 9.64. The van der Waals surface area contributed by atoms with E-state index in [1.807, 2.05) is 13.0 Å². The second-order valence-electron chi connectivity index (χ2n) is 7.07. The van der Waals surface area contributed by atoms with Crippen molar-refractivity contribution >= 4 is 34.9 Å². The number of nitrogens with zero attached hydrogens (tertiary/aromatic N) is 2. The summed E-state index contributed by atoms with van der Waals surface area (Å²) in [6.07, 6.45) is 1.58. The third-order valence-corrected chi connectivity index (χ3v) is 5.30. The molecule has 0 fully saturated rings. The molecule has 32 heavy (non-hydrogen) atoms. The molecule has 0 saturated carbocycles. The van der Waals surface area contributed by atoms with Crippen molar-refractivity contribution in [2.24, 2.45) is 0 Å². The van der Waals surface area contributed by atoms with Gasteiger partial charge in [0.1, 0.15) is 29.0 Å². The summed E-state index contributed by atoms with van der Waals surface area (Å²) in [5.41, 5.74) is 1.74. The van der Waals surface area contributed by atoms with Gasteiger partial charge < -0.3 is 14.5 Å². The minimum atomic E-state index is -0.493. The van der Waals surface area contributed by atoms with Crippen molar-refractivity contribution in [1.29, 1.82) is 0 Å². The first-order valence-corrected chi connectivity index (χ1v) is 10.4. The number of furan rings is 1. The smallest absolute Gasteiger partial charge is 0.292 e. The Kier molecular flexibility index (Phi) is 6.48. The minimum Gasteiger partial charge on any atom is -0.486 e. The van der Waals surface area contributed by atoms with Gasteiger partial charge in [0.2, 0.25) is 0 Å². The summed E-state index contributed by atoms with van der Waals surface area (Å²) >= 11 is 12.2. The van der Waals surface area contributed by atoms with Gasteiger partial charge in [0.15, 0.2) is 11.6 Å². The number of hydrogen-bond donors (Lipinski definition) is 1. The number of carbonyl (C=O) groups excluding carboxylic acids is 1. The molecule has 164 valence electrons. The first-order chi connectivity index (χ1) is 15.4. The zero-order chi connectivity index (χ0) is 22.7. The zero-order valence-electron chi connectivity index (χ0n) is 16.9. The predicted molar refractivity (Wildman–Crippen MR) is 120 cm³/mol. The average molecular weight is 474 g/mol. The molecule has 4 aromatic rings. The van der Waals surface area contributed by atoms with Crippen molar-refractivity contribution in [3.63, 3.8) is 0 Å². The Balaban J connectivity index is 1.37. The van der Waals surface area contributed by atoms with E-state index < -0.39 is 5.91 Å². The van der Waals surface area contributed by atoms with E-state index in [1.54, 1.807) is 47.3 Å². The van der Waals surface area contributed by atoms with Crippen LogP contribution in [0.3, 0.4) is 0 Å². The van der Waals surface area contributed by atoms with E-state index >= 15 is 0 Å². The molecule has 0 radical (unpaired) electrons. The summed E-state index contributed by atoms with van der Waals surface area (Å²) < 4.78 is 25.9. The number of benzene rings is 2. The Morgan fingerprint density at radius 2 is 1.91 bits per heavy atom. The highest BCUT2D eigenvalue weighted by molar-refractivity contribution is 6.33. The van der Waals surface area contributed by atoms with E-state index in [0.717, 1.165) is 11.1 Å². The largest absolute Gasteiger partial charge is 0.486 e. The van der Waals surface area contributed by atoms with Gasteiger partial charge in [0.25, 0.3) is 5.91 Å². The fourth-order valence-corrected chi connectivity index (χ4v) is 3.26. The standard InChI is InChI=1S/C23H18Cl2FN3O3/c1-14-10-17(6-8-19(14)24)31-13-18-7-9-21(32-18)23(30)27-22-20(25)12-29(28-22)11-15-2-4-16(26)5-3-15/h2-10,12H,11,13H2,1H3,(H,27,28,30). The van der Waals surface area contributed by atoms with E-state index in [1.165, 1.54) is 12.1 Å². The third-order valence-electron chi connectivity index (χ3n) is 4.60. The van der Waals surface area contributed by atoms with Crippen molar-refractivity contribution in [3.05, 3.63) is 99.3 Å². The molecule has 0 spiro atoms. The van der Waals surface area contributed by atoms with Crippen LogP contribution in [-0.4, -0.2) is 15.7 Å². The van der Waals surface area contributed by atoms with Crippen LogP contribution in [-0.2, 0) is 13.2 Å². The number of aromatic nitrogens is 2. The lowest BCUT2D eigenvalue weighted by atomic mass is 10.2. The number of nitrogens with one attached hydrogen (secondary N) is 1. The number of amides is 1. The van der Waals surface area contributed by atoms with Crippen LogP contribution in [0.4, 0.5) is 10.2 Å². The summed E-state index contributed by atoms with van der Waals surface area (Å²) in [4.78, 5) is 12.5. The van der Waals surface area contributed by atoms with Gasteiger partial charge in [0, 0.05) is 11.2 Å². The fourth-order valence-electron chi connectivity index (χ4n) is 2.95. The Morgan fingerprint density at radius 1 is 1.12 bits per heavy atom. The highest BCUT2D eigenvalue weighted by Gasteiger charge is 2.16. The number of hydrogen-bond acceptors (Lipinski definition) is 4. The van der Waals surface area contributed by atoms with Crippen LogP contribution in [0.2, 0.25) is 10.0 Å². The predicted octanol–water partition coefficient (Wildman–Crippen LogP) is 6.11. The quantitative estimate of drug-likeness (QED) is 0.351. The molecule has 0 atom stereocenters. The Labute approximate surface area is 193 Å². The van der Waals surface area contributed by atoms with Crippen molar-refractivity contribution in [3.8, 4) is 5.75 Å². The highest BCUT2D eigenvalue weighted by atomic mass is 35.5. The number of carbonyl (C=O) groups is 1. The van der Waals surface area contributed by atoms with Gasteiger partial charge in [0.05, 0.1) is 6.54 Å². The van der Waals surface area contributed by atoms with Gasteiger partial charge in [-0.15, -0.1) is 0 Å². The van der Waals surface area contributed by atoms with Crippen LogP contribution >= 0.6 is 23.2 Å². The maximum Gasteiger partial charge on any atom is 0.292 e. The lowest BCUT2D eigenvalue weighted by Crippen LogP contribution is -2.12. The second-order valence-corrected chi connectivity index (χ2v) is 7.88. The van der Waals surface area contributed by atoms with Crippen LogP contribution < -0.4 is 10.1 Å². The van der Waals surface area contributed by atoms with E-state index in [2.05, 4.69) is 10.4 Å². The summed E-state index contributed by atoms with van der Waals surface area (Å²) in [5.74, 6) is 0.618. The maximum absolute atomic E-state index is 13.1. The van der Waals surface area contributed by atoms with Crippen LogP contribution in [0.15, 0.2) is 65.2 Å². The summed E-state index contributed by atoms with van der Waals surface area (Å²) in [6.45, 7) is 2.42. The first kappa shape index (κ1) is 21.9. The molecule has 1 amide bonds. The molecule has 0 bridgehead atoms. The molecule has 4 rings (SSSR count). The van der Waals surface area contributed by atoms with Crippen molar-refractivity contribution < 1.29 is 18.3 Å².